The van der Waals surface area contributed by atoms with E-state index in [0.29, 0.717) is 13.0 Å². The van der Waals surface area contributed by atoms with Crippen LogP contribution in [0.15, 0.2) is 48.6 Å². The van der Waals surface area contributed by atoms with Crippen molar-refractivity contribution in [2.24, 2.45) is 0 Å². The molecule has 1 aliphatic heterocycles. The molecule has 0 aromatic heterocycles. The minimum Gasteiger partial charge on any atom is -0.457 e. The molecule has 4 N–H and O–H groups in total. The normalized spacial score (nSPS) is 21.5. The maximum absolute atomic E-state index is 12.8. The van der Waals surface area contributed by atoms with Gasteiger partial charge in [0, 0.05) is 13.0 Å². The van der Waals surface area contributed by atoms with Crippen molar-refractivity contribution in [3.8, 4) is 0 Å². The molecule has 1 saturated heterocycles. The summed E-state index contributed by atoms with van der Waals surface area (Å²) < 4.78 is 58.8. The highest BCUT2D eigenvalue weighted by molar-refractivity contribution is 7.80. The van der Waals surface area contributed by atoms with Crippen LogP contribution < -0.4 is 0 Å². The van der Waals surface area contributed by atoms with Crippen LogP contribution in [0.3, 0.4) is 0 Å². The molecule has 13 heteroatoms. The molecular weight excluding hydrogens is 729 g/mol. The van der Waals surface area contributed by atoms with Gasteiger partial charge in [0.25, 0.3) is 0 Å². The van der Waals surface area contributed by atoms with Crippen molar-refractivity contribution in [2.45, 2.75) is 185 Å². The summed E-state index contributed by atoms with van der Waals surface area (Å²) in [4.78, 5) is 12.8. The van der Waals surface area contributed by atoms with Crippen molar-refractivity contribution >= 4 is 16.4 Å². The predicted octanol–water partition coefficient (Wildman–Crippen LogP) is 8.02. The Morgan fingerprint density at radius 2 is 1.25 bits per heavy atom. The average molecular weight is 803 g/mol. The molecule has 1 aliphatic rings. The molecule has 6 unspecified atom stereocenters. The van der Waals surface area contributed by atoms with Gasteiger partial charge in [0.1, 0.15) is 30.5 Å². The minimum atomic E-state index is -5.06. The van der Waals surface area contributed by atoms with Gasteiger partial charge >= 0.3 is 16.4 Å². The average Bonchev–Trinajstić information content (AvgIpc) is 3.15. The predicted molar refractivity (Wildman–Crippen MR) is 216 cm³/mol. The molecule has 0 amide bonds. The van der Waals surface area contributed by atoms with Gasteiger partial charge in [-0.1, -0.05) is 140 Å². The summed E-state index contributed by atoms with van der Waals surface area (Å²) in [7, 11) is -5.06. The summed E-state index contributed by atoms with van der Waals surface area (Å²) in [6.07, 6.45) is 30.1. The molecule has 0 radical (unpaired) electrons. The number of rotatable bonds is 35. The van der Waals surface area contributed by atoms with Gasteiger partial charge in [0.2, 0.25) is 0 Å². The summed E-state index contributed by atoms with van der Waals surface area (Å²) in [6, 6.07) is 0. The number of aliphatic hydroxyl groups is 3. The van der Waals surface area contributed by atoms with Crippen LogP contribution in [0, 0.1) is 0 Å². The lowest BCUT2D eigenvalue weighted by Crippen LogP contribution is -2.60. The van der Waals surface area contributed by atoms with Crippen LogP contribution in [-0.4, -0.2) is 97.5 Å². The van der Waals surface area contributed by atoms with Crippen LogP contribution in [0.5, 0.6) is 0 Å². The molecule has 0 aromatic rings. The Kier molecular flexibility index (Phi) is 31.7. The molecular formula is C42H74O12S. The number of aliphatic hydroxyl groups excluding tert-OH is 3. The molecule has 1 fully saturated rings. The SMILES string of the molecule is CC/C=C\C/C=C\C/C=C\C/C=C\CCCCCOCC(COC1OC(CO)C(O)C(OS(=O)(=O)O)C1O)OC(=O)CCCCCCCCCCCCCC. The molecule has 0 aliphatic carbocycles. The van der Waals surface area contributed by atoms with Gasteiger partial charge in [-0.05, 0) is 51.4 Å². The number of ether oxygens (including phenoxy) is 4. The van der Waals surface area contributed by atoms with Crippen LogP contribution in [0.1, 0.15) is 149 Å². The van der Waals surface area contributed by atoms with Gasteiger partial charge in [0.05, 0.1) is 19.8 Å². The van der Waals surface area contributed by atoms with Crippen LogP contribution in [0.2, 0.25) is 0 Å². The topological polar surface area (TPSA) is 178 Å². The standard InChI is InChI=1S/C42H74O12S/c1-3-5-7-9-11-13-15-17-18-19-20-22-24-26-28-30-32-50-34-36(52-38(44)31-29-27-25-23-21-16-14-12-10-8-6-4-2)35-51-42-40(46)41(54-55(47,48)49)39(45)37(33-43)53-42/h5,7,11,13,17-18,20,22,36-37,39-43,45-46H,3-4,6,8-10,12,14-16,19,21,23-35H2,1-2H3,(H,47,48,49)/b7-5-,13-11-,18-17-,22-20-. The van der Waals surface area contributed by atoms with E-state index < -0.39 is 59.8 Å². The molecule has 1 heterocycles. The Morgan fingerprint density at radius 3 is 1.82 bits per heavy atom. The fraction of sp³-hybridized carbons (Fsp3) is 0.786. The summed E-state index contributed by atoms with van der Waals surface area (Å²) in [6.45, 7) is 3.77. The van der Waals surface area contributed by atoms with Gasteiger partial charge in [-0.2, -0.15) is 8.42 Å². The van der Waals surface area contributed by atoms with E-state index in [1.165, 1.54) is 51.4 Å². The molecule has 0 aromatic carbocycles. The quantitative estimate of drug-likeness (QED) is 0.0210. The van der Waals surface area contributed by atoms with Crippen molar-refractivity contribution in [3.05, 3.63) is 48.6 Å². The lowest BCUT2D eigenvalue weighted by Gasteiger charge is -2.41. The number of carbonyl (C=O) groups excluding carboxylic acids is 1. The van der Waals surface area contributed by atoms with Crippen LogP contribution in [0.25, 0.3) is 0 Å². The van der Waals surface area contributed by atoms with Crippen molar-refractivity contribution in [1.82, 2.24) is 0 Å². The smallest absolute Gasteiger partial charge is 0.397 e. The first-order valence-corrected chi connectivity index (χ1v) is 22.3. The second-order valence-corrected chi connectivity index (χ2v) is 15.3. The van der Waals surface area contributed by atoms with Crippen molar-refractivity contribution in [2.75, 3.05) is 26.4 Å². The Labute approximate surface area is 332 Å². The fourth-order valence-corrected chi connectivity index (χ4v) is 6.58. The van der Waals surface area contributed by atoms with Gasteiger partial charge < -0.3 is 34.3 Å². The van der Waals surface area contributed by atoms with Crippen molar-refractivity contribution < 1.29 is 56.2 Å². The lowest BCUT2D eigenvalue weighted by molar-refractivity contribution is -0.301. The molecule has 55 heavy (non-hydrogen) atoms. The lowest BCUT2D eigenvalue weighted by atomic mass is 9.99. The molecule has 6 atom stereocenters. The number of esters is 1. The third-order valence-electron chi connectivity index (χ3n) is 9.22. The van der Waals surface area contributed by atoms with Gasteiger partial charge in [-0.15, -0.1) is 0 Å². The van der Waals surface area contributed by atoms with E-state index in [4.69, 9.17) is 23.5 Å². The van der Waals surface area contributed by atoms with Gasteiger partial charge in [-0.25, -0.2) is 4.18 Å². The number of hydrogen-bond acceptors (Lipinski definition) is 11. The Bertz CT molecular complexity index is 1160. The highest BCUT2D eigenvalue weighted by atomic mass is 32.3. The minimum absolute atomic E-state index is 0.0147. The first-order valence-electron chi connectivity index (χ1n) is 20.9. The van der Waals surface area contributed by atoms with Crippen molar-refractivity contribution in [1.29, 1.82) is 0 Å². The molecule has 0 spiro atoms. The maximum Gasteiger partial charge on any atom is 0.397 e. The Morgan fingerprint density at radius 1 is 0.709 bits per heavy atom. The maximum atomic E-state index is 12.8. The number of carbonyl (C=O) groups is 1. The molecule has 1 rings (SSSR count). The third kappa shape index (κ3) is 28.2. The second-order valence-electron chi connectivity index (χ2n) is 14.2. The van der Waals surface area contributed by atoms with E-state index in [1.807, 2.05) is 0 Å². The van der Waals surface area contributed by atoms with Crippen LogP contribution in [0.4, 0.5) is 0 Å². The molecule has 0 saturated carbocycles. The van der Waals surface area contributed by atoms with E-state index in [9.17, 15) is 28.5 Å². The van der Waals surface area contributed by atoms with Crippen molar-refractivity contribution in [3.63, 3.8) is 0 Å². The number of unbranched alkanes of at least 4 members (excludes halogenated alkanes) is 14. The Hall–Kier alpha value is -1.94. The van der Waals surface area contributed by atoms with Crippen LogP contribution >= 0.6 is 0 Å². The van der Waals surface area contributed by atoms with E-state index in [-0.39, 0.29) is 19.6 Å². The summed E-state index contributed by atoms with van der Waals surface area (Å²) in [5.74, 6) is -0.413. The zero-order valence-electron chi connectivity index (χ0n) is 33.7. The monoisotopic (exact) mass is 802 g/mol. The number of hydrogen-bond donors (Lipinski definition) is 4. The van der Waals surface area contributed by atoms with Gasteiger partial charge in [-0.3, -0.25) is 9.35 Å². The first-order chi connectivity index (χ1) is 26.6. The van der Waals surface area contributed by atoms with E-state index >= 15 is 0 Å². The first kappa shape index (κ1) is 51.1. The zero-order valence-corrected chi connectivity index (χ0v) is 34.5. The second kappa shape index (κ2) is 34.1. The Balaban J connectivity index is 2.50. The van der Waals surface area contributed by atoms with E-state index in [2.05, 4.69) is 66.6 Å². The molecule has 12 nitrogen and oxygen atoms in total. The summed E-state index contributed by atoms with van der Waals surface area (Å²) in [5, 5.41) is 30.6. The molecule has 0 bridgehead atoms. The zero-order chi connectivity index (χ0) is 40.4. The van der Waals surface area contributed by atoms with E-state index in [1.54, 1.807) is 0 Å². The highest BCUT2D eigenvalue weighted by Gasteiger charge is 2.48. The molecule has 320 valence electrons. The summed E-state index contributed by atoms with van der Waals surface area (Å²) in [5.41, 5.74) is 0. The third-order valence-corrected chi connectivity index (χ3v) is 9.68. The van der Waals surface area contributed by atoms with Crippen LogP contribution in [-0.2, 0) is 38.3 Å². The largest absolute Gasteiger partial charge is 0.457 e. The highest BCUT2D eigenvalue weighted by Crippen LogP contribution is 2.26. The fourth-order valence-electron chi connectivity index (χ4n) is 6.07. The summed E-state index contributed by atoms with van der Waals surface area (Å²) >= 11 is 0. The van der Waals surface area contributed by atoms with E-state index in [0.717, 1.165) is 70.6 Å². The van der Waals surface area contributed by atoms with Gasteiger partial charge in [0.15, 0.2) is 6.29 Å². The number of allylic oxidation sites excluding steroid dienone is 8.